The van der Waals surface area contributed by atoms with Crippen LogP contribution in [0, 0.1) is 0 Å². The highest BCUT2D eigenvalue weighted by molar-refractivity contribution is 5.76. The number of fused-ring (bicyclic) bond motifs is 1. The summed E-state index contributed by atoms with van der Waals surface area (Å²) >= 11 is 0. The molecule has 0 radical (unpaired) electrons. The number of rotatable bonds is 4. The van der Waals surface area contributed by atoms with Crippen molar-refractivity contribution < 1.29 is 9.21 Å². The Kier molecular flexibility index (Phi) is 4.23. The summed E-state index contributed by atoms with van der Waals surface area (Å²) in [6.45, 7) is 12.5. The predicted octanol–water partition coefficient (Wildman–Crippen LogP) is 3.19. The van der Waals surface area contributed by atoms with E-state index in [1.165, 1.54) is 0 Å². The minimum absolute atomic E-state index is 0.179. The van der Waals surface area contributed by atoms with Crippen LogP contribution in [0.3, 0.4) is 0 Å². The van der Waals surface area contributed by atoms with Crippen molar-refractivity contribution in [1.29, 1.82) is 0 Å². The maximum atomic E-state index is 11.8. The first-order valence-electron chi connectivity index (χ1n) is 6.80. The van der Waals surface area contributed by atoms with Crippen LogP contribution >= 0.6 is 0 Å². The van der Waals surface area contributed by atoms with Gasteiger partial charge in [-0.05, 0) is 25.3 Å². The second-order valence-electron chi connectivity index (χ2n) is 4.87. The molecule has 1 aromatic heterocycles. The smallest absolute Gasteiger partial charge is 0.222 e. The van der Waals surface area contributed by atoms with Crippen LogP contribution in [0.2, 0.25) is 0 Å². The topological polar surface area (TPSA) is 45.8 Å². The van der Waals surface area contributed by atoms with Crippen molar-refractivity contribution in [1.82, 2.24) is 4.90 Å². The third-order valence-corrected chi connectivity index (χ3v) is 3.59. The predicted molar refractivity (Wildman–Crippen MR) is 80.5 cm³/mol. The zero-order valence-corrected chi connectivity index (χ0v) is 12.1. The Hall–Kier alpha value is -2.10. The van der Waals surface area contributed by atoms with Crippen molar-refractivity contribution in [3.8, 4) is 0 Å². The molecule has 0 bridgehead atoms. The summed E-state index contributed by atoms with van der Waals surface area (Å²) in [4.78, 5) is 17.7. The highest BCUT2D eigenvalue weighted by Crippen LogP contribution is 2.29. The number of nitrogens with zero attached hydrogens (tertiary/aromatic N) is 2. The molecular formula is C16H20N2O2. The van der Waals surface area contributed by atoms with Gasteiger partial charge in [0.15, 0.2) is 5.76 Å². The molecule has 1 aromatic rings. The van der Waals surface area contributed by atoms with E-state index in [9.17, 15) is 4.79 Å². The first kappa shape index (κ1) is 14.3. The fourth-order valence-corrected chi connectivity index (χ4v) is 2.38. The van der Waals surface area contributed by atoms with Gasteiger partial charge in [-0.15, -0.1) is 0 Å². The standard InChI is InChI=1S/C16H20N2O2/c1-5-11(3)16(17-4)14-9-12-10-18(15(19)6-2)8-7-13(12)20-14/h5,9H,1,4,6-8,10H2,2-3H3/b16-11-. The number of hydrogen-bond donors (Lipinski definition) is 0. The molecule has 2 heterocycles. The van der Waals surface area contributed by atoms with E-state index in [4.69, 9.17) is 4.42 Å². The summed E-state index contributed by atoms with van der Waals surface area (Å²) in [5, 5.41) is 0. The van der Waals surface area contributed by atoms with Crippen LogP contribution in [0.4, 0.5) is 0 Å². The minimum atomic E-state index is 0.179. The van der Waals surface area contributed by atoms with Crippen LogP contribution in [0.25, 0.3) is 5.70 Å². The number of carbonyl (C=O) groups is 1. The van der Waals surface area contributed by atoms with Gasteiger partial charge in [-0.3, -0.25) is 9.79 Å². The van der Waals surface area contributed by atoms with Gasteiger partial charge in [0.1, 0.15) is 11.5 Å². The fourth-order valence-electron chi connectivity index (χ4n) is 2.38. The lowest BCUT2D eigenvalue weighted by atomic mass is 10.1. The van der Waals surface area contributed by atoms with E-state index in [0.29, 0.717) is 31.0 Å². The molecule has 2 rings (SSSR count). The SMILES string of the molecule is C=C/C(C)=C(\N=C)c1cc2c(o1)CCN(C(=O)CC)C2. The maximum Gasteiger partial charge on any atom is 0.222 e. The van der Waals surface area contributed by atoms with E-state index in [1.807, 2.05) is 24.8 Å². The summed E-state index contributed by atoms with van der Waals surface area (Å²) < 4.78 is 5.87. The lowest BCUT2D eigenvalue weighted by Crippen LogP contribution is -2.34. The van der Waals surface area contributed by atoms with Gasteiger partial charge in [0.2, 0.25) is 5.91 Å². The van der Waals surface area contributed by atoms with Crippen LogP contribution in [0.1, 0.15) is 37.4 Å². The average Bonchev–Trinajstić information content (AvgIpc) is 2.89. The van der Waals surface area contributed by atoms with Crippen molar-refractivity contribution >= 4 is 18.3 Å². The van der Waals surface area contributed by atoms with E-state index < -0.39 is 0 Å². The quantitative estimate of drug-likeness (QED) is 0.624. The van der Waals surface area contributed by atoms with Crippen LogP contribution in [-0.2, 0) is 17.8 Å². The van der Waals surface area contributed by atoms with Crippen LogP contribution < -0.4 is 0 Å². The molecule has 4 nitrogen and oxygen atoms in total. The Labute approximate surface area is 119 Å². The largest absolute Gasteiger partial charge is 0.459 e. The Bertz CT molecular complexity index is 581. The molecule has 0 saturated heterocycles. The molecule has 20 heavy (non-hydrogen) atoms. The first-order valence-corrected chi connectivity index (χ1v) is 6.80. The first-order chi connectivity index (χ1) is 9.60. The second kappa shape index (κ2) is 5.90. The average molecular weight is 272 g/mol. The molecule has 1 amide bonds. The summed E-state index contributed by atoms with van der Waals surface area (Å²) in [6, 6.07) is 1.96. The van der Waals surface area contributed by atoms with Gasteiger partial charge in [0.25, 0.3) is 0 Å². The Morgan fingerprint density at radius 2 is 2.35 bits per heavy atom. The van der Waals surface area contributed by atoms with Gasteiger partial charge in [0, 0.05) is 31.5 Å². The van der Waals surface area contributed by atoms with Crippen molar-refractivity contribution in [2.45, 2.75) is 33.2 Å². The molecule has 0 aliphatic carbocycles. The molecule has 0 spiro atoms. The Morgan fingerprint density at radius 3 is 2.95 bits per heavy atom. The summed E-state index contributed by atoms with van der Waals surface area (Å²) in [5.74, 6) is 1.82. The van der Waals surface area contributed by atoms with Crippen molar-refractivity contribution in [3.05, 3.63) is 41.4 Å². The number of carbonyl (C=O) groups excluding carboxylic acids is 1. The third kappa shape index (κ3) is 2.59. The highest BCUT2D eigenvalue weighted by atomic mass is 16.3. The molecule has 4 heteroatoms. The van der Waals surface area contributed by atoms with E-state index in [1.54, 1.807) is 6.08 Å². The zero-order valence-electron chi connectivity index (χ0n) is 12.1. The summed E-state index contributed by atoms with van der Waals surface area (Å²) in [7, 11) is 0. The molecule has 106 valence electrons. The number of amides is 1. The van der Waals surface area contributed by atoms with Gasteiger partial charge in [-0.1, -0.05) is 19.6 Å². The molecule has 0 aromatic carbocycles. The number of allylic oxidation sites excluding steroid dienone is 2. The normalized spacial score (nSPS) is 15.4. The van der Waals surface area contributed by atoms with Crippen LogP contribution in [0.5, 0.6) is 0 Å². The molecule has 0 N–H and O–H groups in total. The molecule has 1 aliphatic heterocycles. The molecule has 1 aliphatic rings. The van der Waals surface area contributed by atoms with E-state index in [-0.39, 0.29) is 5.91 Å². The number of aliphatic imine (C=N–C) groups is 1. The lowest BCUT2D eigenvalue weighted by Gasteiger charge is -2.25. The van der Waals surface area contributed by atoms with Crippen LogP contribution in [-0.4, -0.2) is 24.1 Å². The fraction of sp³-hybridized carbons (Fsp3) is 0.375. The monoisotopic (exact) mass is 272 g/mol. The van der Waals surface area contributed by atoms with Gasteiger partial charge >= 0.3 is 0 Å². The Morgan fingerprint density at radius 1 is 1.60 bits per heavy atom. The number of furan rings is 1. The lowest BCUT2D eigenvalue weighted by molar-refractivity contribution is -0.131. The minimum Gasteiger partial charge on any atom is -0.459 e. The van der Waals surface area contributed by atoms with Crippen molar-refractivity contribution in [2.24, 2.45) is 4.99 Å². The van der Waals surface area contributed by atoms with Gasteiger partial charge in [-0.2, -0.15) is 0 Å². The van der Waals surface area contributed by atoms with Gasteiger partial charge in [0.05, 0.1) is 0 Å². The zero-order chi connectivity index (χ0) is 14.7. The molecule has 0 atom stereocenters. The van der Waals surface area contributed by atoms with Crippen molar-refractivity contribution in [2.75, 3.05) is 6.54 Å². The van der Waals surface area contributed by atoms with E-state index in [0.717, 1.165) is 23.3 Å². The second-order valence-corrected chi connectivity index (χ2v) is 4.87. The summed E-state index contributed by atoms with van der Waals surface area (Å²) in [5.41, 5.74) is 2.70. The summed E-state index contributed by atoms with van der Waals surface area (Å²) in [6.07, 6.45) is 3.02. The Balaban J connectivity index is 2.31. The van der Waals surface area contributed by atoms with Crippen molar-refractivity contribution in [3.63, 3.8) is 0 Å². The van der Waals surface area contributed by atoms with Gasteiger partial charge < -0.3 is 9.32 Å². The highest BCUT2D eigenvalue weighted by Gasteiger charge is 2.24. The van der Waals surface area contributed by atoms with Gasteiger partial charge in [-0.25, -0.2) is 0 Å². The van der Waals surface area contributed by atoms with Crippen LogP contribution in [0.15, 0.2) is 33.7 Å². The van der Waals surface area contributed by atoms with E-state index in [2.05, 4.69) is 18.3 Å². The third-order valence-electron chi connectivity index (χ3n) is 3.59. The molecule has 0 saturated carbocycles. The molecular weight excluding hydrogens is 252 g/mol. The van der Waals surface area contributed by atoms with E-state index >= 15 is 0 Å². The molecule has 0 fully saturated rings. The number of hydrogen-bond acceptors (Lipinski definition) is 3. The molecule has 0 unspecified atom stereocenters. The maximum absolute atomic E-state index is 11.8.